The van der Waals surface area contributed by atoms with E-state index in [0.29, 0.717) is 11.7 Å². The van der Waals surface area contributed by atoms with E-state index < -0.39 is 0 Å². The number of alkyl halides is 1. The Morgan fingerprint density at radius 3 is 2.57 bits per heavy atom. The average Bonchev–Trinajstić information content (AvgIpc) is 2.67. The molecule has 1 heterocycles. The van der Waals surface area contributed by atoms with Crippen LogP contribution in [0.5, 0.6) is 0 Å². The van der Waals surface area contributed by atoms with Crippen LogP contribution in [0.2, 0.25) is 0 Å². The Morgan fingerprint density at radius 2 is 2.00 bits per heavy atom. The van der Waals surface area contributed by atoms with Crippen molar-refractivity contribution in [3.63, 3.8) is 0 Å². The second-order valence-corrected chi connectivity index (χ2v) is 3.52. The second kappa shape index (κ2) is 4.08. The molecule has 0 radical (unpaired) electrons. The van der Waals surface area contributed by atoms with Gasteiger partial charge in [-0.2, -0.15) is 0 Å². The zero-order chi connectivity index (χ0) is 9.97. The SMILES string of the molecule is Fc1ccc(-c2cnc(CI)o2)cc1. The first-order valence-electron chi connectivity index (χ1n) is 4.06. The van der Waals surface area contributed by atoms with Crippen LogP contribution in [0.15, 0.2) is 34.9 Å². The molecule has 0 aliphatic heterocycles. The smallest absolute Gasteiger partial charge is 0.204 e. The number of aromatic nitrogens is 1. The van der Waals surface area contributed by atoms with Gasteiger partial charge < -0.3 is 4.42 Å². The Hall–Kier alpha value is -0.910. The molecule has 0 aliphatic rings. The van der Waals surface area contributed by atoms with Gasteiger partial charge in [0.2, 0.25) is 5.89 Å². The van der Waals surface area contributed by atoms with Gasteiger partial charge in [0, 0.05) is 5.56 Å². The molecular formula is C10H7FINO. The largest absolute Gasteiger partial charge is 0.440 e. The minimum Gasteiger partial charge on any atom is -0.440 e. The van der Waals surface area contributed by atoms with Crippen LogP contribution in [0.25, 0.3) is 11.3 Å². The molecule has 0 saturated carbocycles. The van der Waals surface area contributed by atoms with Crippen molar-refractivity contribution in [3.8, 4) is 11.3 Å². The summed E-state index contributed by atoms with van der Waals surface area (Å²) in [7, 11) is 0. The molecule has 72 valence electrons. The molecule has 14 heavy (non-hydrogen) atoms. The lowest BCUT2D eigenvalue weighted by molar-refractivity contribution is 0.532. The van der Waals surface area contributed by atoms with E-state index >= 15 is 0 Å². The highest BCUT2D eigenvalue weighted by molar-refractivity contribution is 14.1. The summed E-state index contributed by atoms with van der Waals surface area (Å²) in [5.41, 5.74) is 0.843. The number of oxazole rings is 1. The summed E-state index contributed by atoms with van der Waals surface area (Å²) in [5, 5.41) is 0. The Bertz CT molecular complexity index is 424. The van der Waals surface area contributed by atoms with E-state index in [2.05, 4.69) is 27.6 Å². The lowest BCUT2D eigenvalue weighted by Gasteiger charge is -1.94. The summed E-state index contributed by atoms with van der Waals surface area (Å²) in [6.07, 6.45) is 1.65. The van der Waals surface area contributed by atoms with E-state index in [4.69, 9.17) is 4.42 Å². The molecule has 0 bridgehead atoms. The quantitative estimate of drug-likeness (QED) is 0.627. The third-order valence-electron chi connectivity index (χ3n) is 1.80. The van der Waals surface area contributed by atoms with Crippen molar-refractivity contribution < 1.29 is 8.81 Å². The standard InChI is InChI=1S/C10H7FINO/c11-8-3-1-7(2-4-8)9-6-13-10(5-12)14-9/h1-4,6H,5H2. The monoisotopic (exact) mass is 303 g/mol. The van der Waals surface area contributed by atoms with E-state index in [1.54, 1.807) is 18.3 Å². The predicted molar refractivity (Wildman–Crippen MR) is 59.6 cm³/mol. The lowest BCUT2D eigenvalue weighted by Crippen LogP contribution is -1.75. The Balaban J connectivity index is 2.34. The number of hydrogen-bond donors (Lipinski definition) is 0. The maximum atomic E-state index is 12.6. The van der Waals surface area contributed by atoms with Crippen LogP contribution in [-0.4, -0.2) is 4.98 Å². The lowest BCUT2D eigenvalue weighted by atomic mass is 10.2. The van der Waals surface area contributed by atoms with Crippen LogP contribution in [0.3, 0.4) is 0 Å². The van der Waals surface area contributed by atoms with Crippen LogP contribution in [0, 0.1) is 5.82 Å². The van der Waals surface area contributed by atoms with Crippen LogP contribution < -0.4 is 0 Å². The molecule has 2 rings (SSSR count). The summed E-state index contributed by atoms with van der Waals surface area (Å²) in [6, 6.07) is 6.16. The number of benzene rings is 1. The highest BCUT2D eigenvalue weighted by Gasteiger charge is 2.04. The van der Waals surface area contributed by atoms with Crippen molar-refractivity contribution in [2.24, 2.45) is 0 Å². The van der Waals surface area contributed by atoms with Crippen molar-refractivity contribution in [1.29, 1.82) is 0 Å². The van der Waals surface area contributed by atoms with E-state index in [0.717, 1.165) is 9.99 Å². The van der Waals surface area contributed by atoms with E-state index in [-0.39, 0.29) is 5.82 Å². The van der Waals surface area contributed by atoms with Crippen LogP contribution in [0.4, 0.5) is 4.39 Å². The molecule has 0 fully saturated rings. The Morgan fingerprint density at radius 1 is 1.29 bits per heavy atom. The van der Waals surface area contributed by atoms with Gasteiger partial charge in [0.1, 0.15) is 5.82 Å². The molecule has 0 atom stereocenters. The van der Waals surface area contributed by atoms with Gasteiger partial charge in [-0.3, -0.25) is 0 Å². The molecule has 0 aliphatic carbocycles. The maximum Gasteiger partial charge on any atom is 0.204 e. The van der Waals surface area contributed by atoms with Crippen molar-refractivity contribution >= 4 is 22.6 Å². The van der Waals surface area contributed by atoms with Gasteiger partial charge in [-0.15, -0.1) is 0 Å². The number of rotatable bonds is 2. The minimum absolute atomic E-state index is 0.248. The fourth-order valence-electron chi connectivity index (χ4n) is 1.12. The van der Waals surface area contributed by atoms with Crippen molar-refractivity contribution in [1.82, 2.24) is 4.98 Å². The van der Waals surface area contributed by atoms with Gasteiger partial charge in [-0.05, 0) is 24.3 Å². The van der Waals surface area contributed by atoms with E-state index in [1.165, 1.54) is 12.1 Å². The topological polar surface area (TPSA) is 26.0 Å². The molecule has 0 amide bonds. The fourth-order valence-corrected chi connectivity index (χ4v) is 1.47. The molecule has 1 aromatic heterocycles. The van der Waals surface area contributed by atoms with Gasteiger partial charge in [-0.25, -0.2) is 9.37 Å². The number of nitrogens with zero attached hydrogens (tertiary/aromatic N) is 1. The first-order chi connectivity index (χ1) is 6.79. The summed E-state index contributed by atoms with van der Waals surface area (Å²) in [5.74, 6) is 1.11. The van der Waals surface area contributed by atoms with Gasteiger partial charge >= 0.3 is 0 Å². The second-order valence-electron chi connectivity index (χ2n) is 2.76. The third kappa shape index (κ3) is 1.95. The molecule has 4 heteroatoms. The maximum absolute atomic E-state index is 12.6. The summed E-state index contributed by atoms with van der Waals surface area (Å²) >= 11 is 2.18. The third-order valence-corrected chi connectivity index (χ3v) is 2.45. The van der Waals surface area contributed by atoms with E-state index in [9.17, 15) is 4.39 Å². The Labute approximate surface area is 94.3 Å². The minimum atomic E-state index is -0.248. The molecule has 0 N–H and O–H groups in total. The molecule has 0 spiro atoms. The molecule has 2 aromatic rings. The Kier molecular flexibility index (Phi) is 2.81. The normalized spacial score (nSPS) is 10.4. The fraction of sp³-hybridized carbons (Fsp3) is 0.100. The van der Waals surface area contributed by atoms with Crippen LogP contribution >= 0.6 is 22.6 Å². The first kappa shape index (κ1) is 9.64. The number of hydrogen-bond acceptors (Lipinski definition) is 2. The van der Waals surface area contributed by atoms with E-state index in [1.807, 2.05) is 0 Å². The number of halogens is 2. The van der Waals surface area contributed by atoms with Crippen LogP contribution in [-0.2, 0) is 4.43 Å². The molecule has 0 saturated heterocycles. The van der Waals surface area contributed by atoms with Gasteiger partial charge in [0.05, 0.1) is 10.6 Å². The van der Waals surface area contributed by atoms with Crippen LogP contribution in [0.1, 0.15) is 5.89 Å². The molecule has 0 unspecified atom stereocenters. The van der Waals surface area contributed by atoms with Crippen molar-refractivity contribution in [3.05, 3.63) is 42.2 Å². The summed E-state index contributed by atoms with van der Waals surface area (Å²) in [4.78, 5) is 4.07. The predicted octanol–water partition coefficient (Wildman–Crippen LogP) is 3.42. The zero-order valence-electron chi connectivity index (χ0n) is 7.21. The zero-order valence-corrected chi connectivity index (χ0v) is 9.36. The van der Waals surface area contributed by atoms with Gasteiger partial charge in [0.25, 0.3) is 0 Å². The van der Waals surface area contributed by atoms with Gasteiger partial charge in [0.15, 0.2) is 5.76 Å². The average molecular weight is 303 g/mol. The first-order valence-corrected chi connectivity index (χ1v) is 5.59. The van der Waals surface area contributed by atoms with Crippen molar-refractivity contribution in [2.45, 2.75) is 4.43 Å². The highest BCUT2D eigenvalue weighted by atomic mass is 127. The molecule has 1 aromatic carbocycles. The van der Waals surface area contributed by atoms with Gasteiger partial charge in [-0.1, -0.05) is 22.6 Å². The molecule has 2 nitrogen and oxygen atoms in total. The van der Waals surface area contributed by atoms with Crippen molar-refractivity contribution in [2.75, 3.05) is 0 Å². The summed E-state index contributed by atoms with van der Waals surface area (Å²) in [6.45, 7) is 0. The highest BCUT2D eigenvalue weighted by Crippen LogP contribution is 2.21. The summed E-state index contributed by atoms with van der Waals surface area (Å²) < 4.78 is 18.8. The molecular weight excluding hydrogens is 296 g/mol.